The minimum absolute atomic E-state index is 0.0722. The Labute approximate surface area is 120 Å². The number of amides is 3. The summed E-state index contributed by atoms with van der Waals surface area (Å²) in [5, 5.41) is 6.39. The molecule has 1 atom stereocenters. The topological polar surface area (TPSA) is 64.7 Å². The molecule has 0 aromatic heterocycles. The second kappa shape index (κ2) is 6.43. The summed E-state index contributed by atoms with van der Waals surface area (Å²) in [4.78, 5) is 27.2. The average molecular weight is 282 g/mol. The number of rotatable bonds is 4. The molecule has 1 saturated heterocycles. The van der Waals surface area contributed by atoms with Crippen LogP contribution in [0.25, 0.3) is 0 Å². The first-order chi connectivity index (χ1) is 9.47. The van der Waals surface area contributed by atoms with E-state index in [1.165, 1.54) is 0 Å². The van der Waals surface area contributed by atoms with Gasteiger partial charge in [0.1, 0.15) is 0 Å². The Hall–Kier alpha value is -1.30. The molecule has 114 valence electrons. The van der Waals surface area contributed by atoms with E-state index in [2.05, 4.69) is 10.6 Å². The van der Waals surface area contributed by atoms with Gasteiger partial charge < -0.3 is 20.4 Å². The van der Waals surface area contributed by atoms with Gasteiger partial charge in [0.15, 0.2) is 0 Å². The van der Waals surface area contributed by atoms with Crippen molar-refractivity contribution in [1.82, 2.24) is 20.4 Å². The van der Waals surface area contributed by atoms with Gasteiger partial charge in [-0.1, -0.05) is 0 Å². The van der Waals surface area contributed by atoms with Crippen molar-refractivity contribution in [1.29, 1.82) is 0 Å². The lowest BCUT2D eigenvalue weighted by atomic mass is 10.0. The van der Waals surface area contributed by atoms with Crippen molar-refractivity contribution in [3.8, 4) is 0 Å². The fraction of sp³-hybridized carbons (Fsp3) is 0.857. The molecule has 1 unspecified atom stereocenters. The van der Waals surface area contributed by atoms with Gasteiger partial charge in [0.2, 0.25) is 5.91 Å². The van der Waals surface area contributed by atoms with Gasteiger partial charge in [-0.3, -0.25) is 4.79 Å². The molecule has 1 aliphatic heterocycles. The molecule has 1 heterocycles. The number of nitrogens with one attached hydrogen (secondary N) is 2. The molecule has 3 amide bonds. The fourth-order valence-corrected chi connectivity index (χ4v) is 2.50. The zero-order valence-corrected chi connectivity index (χ0v) is 12.7. The molecule has 0 spiro atoms. The van der Waals surface area contributed by atoms with Crippen LogP contribution in [0, 0.1) is 0 Å². The van der Waals surface area contributed by atoms with E-state index in [4.69, 9.17) is 0 Å². The molecule has 2 aliphatic rings. The van der Waals surface area contributed by atoms with Gasteiger partial charge in [-0.05, 0) is 32.6 Å². The van der Waals surface area contributed by atoms with Crippen LogP contribution in [0.2, 0.25) is 0 Å². The number of likely N-dealkylation sites (tertiary alicyclic amines) is 1. The predicted octanol–water partition coefficient (Wildman–Crippen LogP) is 0.389. The first-order valence-electron chi connectivity index (χ1n) is 7.50. The van der Waals surface area contributed by atoms with Crippen molar-refractivity contribution >= 4 is 11.9 Å². The van der Waals surface area contributed by atoms with Gasteiger partial charge in [0.25, 0.3) is 0 Å². The molecule has 1 aliphatic carbocycles. The summed E-state index contributed by atoms with van der Waals surface area (Å²) < 4.78 is 0. The maximum atomic E-state index is 11.9. The summed E-state index contributed by atoms with van der Waals surface area (Å²) in [6.07, 6.45) is 4.04. The smallest absolute Gasteiger partial charge is 0.319 e. The molecule has 20 heavy (non-hydrogen) atoms. The van der Waals surface area contributed by atoms with E-state index in [-0.39, 0.29) is 18.0 Å². The largest absolute Gasteiger partial charge is 0.352 e. The third kappa shape index (κ3) is 4.10. The van der Waals surface area contributed by atoms with Crippen LogP contribution in [0.3, 0.4) is 0 Å². The lowest BCUT2D eigenvalue weighted by Crippen LogP contribution is -2.52. The van der Waals surface area contributed by atoms with E-state index < -0.39 is 0 Å². The lowest BCUT2D eigenvalue weighted by Gasteiger charge is -2.35. The van der Waals surface area contributed by atoms with Gasteiger partial charge in [-0.2, -0.15) is 0 Å². The molecule has 0 radical (unpaired) electrons. The summed E-state index contributed by atoms with van der Waals surface area (Å²) >= 11 is 0. The summed E-state index contributed by atoms with van der Waals surface area (Å²) in [7, 11) is 3.55. The van der Waals surface area contributed by atoms with Crippen LogP contribution in [-0.2, 0) is 4.79 Å². The standard InChI is InChI=1S/C14H26N4O2/c1-10(13(19)16-11-4-5-11)15-12-6-8-18(9-7-12)14(20)17(2)3/h10-12,15H,4-9H2,1-3H3,(H,16,19). The SMILES string of the molecule is CC(NC1CCN(C(=O)N(C)C)CC1)C(=O)NC1CC1. The minimum Gasteiger partial charge on any atom is -0.352 e. The fourth-order valence-electron chi connectivity index (χ4n) is 2.50. The number of nitrogens with zero attached hydrogens (tertiary/aromatic N) is 2. The summed E-state index contributed by atoms with van der Waals surface area (Å²) in [5.41, 5.74) is 0. The van der Waals surface area contributed by atoms with Gasteiger partial charge in [0.05, 0.1) is 6.04 Å². The number of urea groups is 1. The molecule has 2 rings (SSSR count). The van der Waals surface area contributed by atoms with Crippen LogP contribution >= 0.6 is 0 Å². The predicted molar refractivity (Wildman–Crippen MR) is 77.4 cm³/mol. The van der Waals surface area contributed by atoms with Crippen molar-refractivity contribution in [2.45, 2.75) is 50.7 Å². The normalized spacial score (nSPS) is 21.4. The van der Waals surface area contributed by atoms with Crippen molar-refractivity contribution in [2.75, 3.05) is 27.2 Å². The summed E-state index contributed by atoms with van der Waals surface area (Å²) in [5.74, 6) is 0.0966. The zero-order chi connectivity index (χ0) is 14.7. The highest BCUT2D eigenvalue weighted by molar-refractivity contribution is 5.81. The van der Waals surface area contributed by atoms with E-state index in [9.17, 15) is 9.59 Å². The van der Waals surface area contributed by atoms with Crippen LogP contribution in [0.4, 0.5) is 4.79 Å². The minimum atomic E-state index is -0.156. The number of carbonyl (C=O) groups excluding carboxylic acids is 2. The van der Waals surface area contributed by atoms with Gasteiger partial charge in [0, 0.05) is 39.3 Å². The Morgan fingerprint density at radius 2 is 1.70 bits per heavy atom. The molecule has 0 aromatic rings. The van der Waals surface area contributed by atoms with Crippen molar-refractivity contribution in [3.63, 3.8) is 0 Å². The third-order valence-electron chi connectivity index (χ3n) is 3.95. The van der Waals surface area contributed by atoms with Crippen molar-refractivity contribution in [2.24, 2.45) is 0 Å². The molecular weight excluding hydrogens is 256 g/mol. The van der Waals surface area contributed by atoms with E-state index in [0.717, 1.165) is 38.8 Å². The van der Waals surface area contributed by atoms with Crippen LogP contribution in [-0.4, -0.2) is 67.0 Å². The Kier molecular flexibility index (Phi) is 4.86. The molecule has 2 fully saturated rings. The van der Waals surface area contributed by atoms with E-state index in [0.29, 0.717) is 12.1 Å². The van der Waals surface area contributed by atoms with Crippen molar-refractivity contribution < 1.29 is 9.59 Å². The number of hydrogen-bond acceptors (Lipinski definition) is 3. The number of piperidine rings is 1. The molecule has 6 heteroatoms. The maximum absolute atomic E-state index is 11.9. The average Bonchev–Trinajstić information content (AvgIpc) is 3.22. The summed E-state index contributed by atoms with van der Waals surface area (Å²) in [6.45, 7) is 3.42. The van der Waals surface area contributed by atoms with E-state index >= 15 is 0 Å². The van der Waals surface area contributed by atoms with Gasteiger partial charge in [-0.25, -0.2) is 4.79 Å². The third-order valence-corrected chi connectivity index (χ3v) is 3.95. The molecule has 1 saturated carbocycles. The highest BCUT2D eigenvalue weighted by atomic mass is 16.2. The Balaban J connectivity index is 1.70. The number of hydrogen-bond donors (Lipinski definition) is 2. The lowest BCUT2D eigenvalue weighted by molar-refractivity contribution is -0.123. The monoisotopic (exact) mass is 282 g/mol. The zero-order valence-electron chi connectivity index (χ0n) is 12.7. The molecular formula is C14H26N4O2. The molecule has 0 aromatic carbocycles. The maximum Gasteiger partial charge on any atom is 0.319 e. The summed E-state index contributed by atoms with van der Waals surface area (Å²) in [6, 6.07) is 0.646. The quantitative estimate of drug-likeness (QED) is 0.784. The Morgan fingerprint density at radius 1 is 1.10 bits per heavy atom. The molecule has 6 nitrogen and oxygen atoms in total. The highest BCUT2D eigenvalue weighted by Gasteiger charge is 2.28. The van der Waals surface area contributed by atoms with Crippen LogP contribution in [0.15, 0.2) is 0 Å². The second-order valence-corrected chi connectivity index (χ2v) is 6.11. The van der Waals surface area contributed by atoms with Crippen LogP contribution in [0.1, 0.15) is 32.6 Å². The van der Waals surface area contributed by atoms with E-state index in [1.807, 2.05) is 11.8 Å². The Bertz CT molecular complexity index is 360. The molecule has 0 bridgehead atoms. The Morgan fingerprint density at radius 3 is 2.20 bits per heavy atom. The highest BCUT2D eigenvalue weighted by Crippen LogP contribution is 2.19. The number of carbonyl (C=O) groups is 2. The van der Waals surface area contributed by atoms with Crippen LogP contribution < -0.4 is 10.6 Å². The van der Waals surface area contributed by atoms with Gasteiger partial charge in [-0.15, -0.1) is 0 Å². The van der Waals surface area contributed by atoms with Gasteiger partial charge >= 0.3 is 6.03 Å². The van der Waals surface area contributed by atoms with Crippen molar-refractivity contribution in [3.05, 3.63) is 0 Å². The first kappa shape index (κ1) is 15.1. The first-order valence-corrected chi connectivity index (χ1v) is 7.50. The second-order valence-electron chi connectivity index (χ2n) is 6.11. The van der Waals surface area contributed by atoms with E-state index in [1.54, 1.807) is 19.0 Å². The van der Waals surface area contributed by atoms with Crippen LogP contribution in [0.5, 0.6) is 0 Å². The molecule has 2 N–H and O–H groups in total.